The number of hydrogen-bond acceptors (Lipinski definition) is 9. The first-order valence-corrected chi connectivity index (χ1v) is 14.3. The molecule has 4 heterocycles. The average molecular weight is 601 g/mol. The van der Waals surface area contributed by atoms with E-state index in [0.717, 1.165) is 4.57 Å². The van der Waals surface area contributed by atoms with Gasteiger partial charge in [-0.25, -0.2) is 13.8 Å². The van der Waals surface area contributed by atoms with Crippen LogP contribution in [0, 0.1) is 12.7 Å². The van der Waals surface area contributed by atoms with E-state index in [0.29, 0.717) is 46.1 Å². The average Bonchev–Trinajstić information content (AvgIpc) is 3.61. The summed E-state index contributed by atoms with van der Waals surface area (Å²) >= 11 is 1.18. The van der Waals surface area contributed by atoms with Crippen LogP contribution in [0.5, 0.6) is 5.75 Å². The van der Waals surface area contributed by atoms with Crippen LogP contribution in [0.2, 0.25) is 0 Å². The van der Waals surface area contributed by atoms with Crippen molar-refractivity contribution in [2.45, 2.75) is 44.9 Å². The normalized spacial score (nSPS) is 18.1. The summed E-state index contributed by atoms with van der Waals surface area (Å²) in [7, 11) is 4.66. The number of carbonyl (C=O) groups excluding carboxylic acids is 1. The van der Waals surface area contributed by atoms with Crippen LogP contribution >= 0.6 is 11.3 Å². The summed E-state index contributed by atoms with van der Waals surface area (Å²) in [4.78, 5) is 45.4. The smallest absolute Gasteiger partial charge is 0.333 e. The lowest BCUT2D eigenvalue weighted by Crippen LogP contribution is -2.59. The van der Waals surface area contributed by atoms with E-state index in [1.807, 2.05) is 0 Å². The number of rotatable bonds is 10. The van der Waals surface area contributed by atoms with Crippen molar-refractivity contribution >= 4 is 27.5 Å². The van der Waals surface area contributed by atoms with Crippen LogP contribution in [0.1, 0.15) is 37.0 Å². The summed E-state index contributed by atoms with van der Waals surface area (Å²) in [6.07, 6.45) is 3.10. The van der Waals surface area contributed by atoms with E-state index in [2.05, 4.69) is 10.2 Å². The molecule has 2 atom stereocenters. The fourth-order valence-electron chi connectivity index (χ4n) is 5.57. The molecule has 5 rings (SSSR count). The Labute approximate surface area is 244 Å². The number of methoxy groups -OCH3 is 2. The summed E-state index contributed by atoms with van der Waals surface area (Å²) < 4.78 is 33.8. The van der Waals surface area contributed by atoms with Gasteiger partial charge in [-0.2, -0.15) is 10.2 Å². The van der Waals surface area contributed by atoms with Gasteiger partial charge in [0.1, 0.15) is 33.0 Å². The minimum absolute atomic E-state index is 0.106. The van der Waals surface area contributed by atoms with Crippen LogP contribution in [-0.2, 0) is 26.4 Å². The predicted molar refractivity (Wildman–Crippen MR) is 154 cm³/mol. The quantitative estimate of drug-likeness (QED) is 0.255. The number of benzene rings is 1. The van der Waals surface area contributed by atoms with Crippen molar-refractivity contribution in [3.63, 3.8) is 0 Å². The molecule has 0 radical (unpaired) electrons. The third-order valence-corrected chi connectivity index (χ3v) is 9.02. The van der Waals surface area contributed by atoms with Gasteiger partial charge < -0.3 is 19.1 Å². The highest BCUT2D eigenvalue weighted by Gasteiger charge is 2.43. The third-order valence-electron chi connectivity index (χ3n) is 7.74. The molecule has 1 aliphatic rings. The van der Waals surface area contributed by atoms with E-state index >= 15 is 0 Å². The summed E-state index contributed by atoms with van der Waals surface area (Å²) in [6, 6.07) is 4.07. The minimum Gasteiger partial charge on any atom is -0.496 e. The third kappa shape index (κ3) is 5.03. The molecule has 1 saturated heterocycles. The maximum atomic E-state index is 14.5. The largest absolute Gasteiger partial charge is 0.496 e. The Morgan fingerprint density at radius 3 is 2.57 bits per heavy atom. The number of nitrogens with zero attached hydrogens (tertiary/aromatic N) is 6. The molecule has 0 aliphatic carbocycles. The molecule has 0 bridgehead atoms. The van der Waals surface area contributed by atoms with Crippen LogP contribution in [0.4, 0.5) is 4.39 Å². The highest BCUT2D eigenvalue weighted by atomic mass is 32.1. The van der Waals surface area contributed by atoms with Crippen LogP contribution in [-0.4, -0.2) is 76.0 Å². The maximum absolute atomic E-state index is 14.5. The molecule has 0 unspecified atom stereocenters. The standard InChI is InChI=1S/C28H33FN6O6S/c1-17-22-23(36)34(28(2)9-6-12-32(3)26(28)37)27(38)33(25(22)42-24(17)35-30-10-11-31-35)16-21(41-14-13-39-4)19-15-18(29)7-8-20(19)40-5/h7-8,10-11,15,21H,6,9,12-14,16H2,1-5H3/t21-,28+/m0/s1. The lowest BCUT2D eigenvalue weighted by Gasteiger charge is -2.38. The zero-order valence-electron chi connectivity index (χ0n) is 24.1. The molecule has 1 amide bonds. The zero-order valence-corrected chi connectivity index (χ0v) is 24.9. The number of fused-ring (bicyclic) bond motifs is 1. The number of piperidine rings is 1. The fraction of sp³-hybridized carbons (Fsp3) is 0.464. The fourth-order valence-corrected chi connectivity index (χ4v) is 6.79. The Hall–Kier alpha value is -3.88. The topological polar surface area (TPSA) is 123 Å². The van der Waals surface area contributed by atoms with Gasteiger partial charge in [-0.05, 0) is 44.9 Å². The lowest BCUT2D eigenvalue weighted by atomic mass is 9.89. The zero-order chi connectivity index (χ0) is 30.2. The Bertz CT molecular complexity index is 1730. The first-order valence-electron chi connectivity index (χ1n) is 13.5. The molecule has 0 spiro atoms. The van der Waals surface area contributed by atoms with Crippen LogP contribution in [0.25, 0.3) is 15.2 Å². The number of likely N-dealkylation sites (N-methyl/N-ethyl adjacent to an activating group) is 1. The summed E-state index contributed by atoms with van der Waals surface area (Å²) in [5.41, 5.74) is -1.69. The van der Waals surface area contributed by atoms with Gasteiger partial charge in [0, 0.05) is 31.8 Å². The van der Waals surface area contributed by atoms with Gasteiger partial charge in [0.2, 0.25) is 5.91 Å². The minimum atomic E-state index is -1.40. The molecule has 14 heteroatoms. The first-order chi connectivity index (χ1) is 20.1. The number of thiophene rings is 1. The van der Waals surface area contributed by atoms with E-state index in [-0.39, 0.29) is 31.1 Å². The van der Waals surface area contributed by atoms with Crippen molar-refractivity contribution in [2.75, 3.05) is 41.0 Å². The summed E-state index contributed by atoms with van der Waals surface area (Å²) in [6.45, 7) is 4.21. The highest BCUT2D eigenvalue weighted by Crippen LogP contribution is 2.35. The van der Waals surface area contributed by atoms with Crippen LogP contribution in [0.15, 0.2) is 40.2 Å². The summed E-state index contributed by atoms with van der Waals surface area (Å²) in [5, 5.41) is 9.28. The Morgan fingerprint density at radius 2 is 1.88 bits per heavy atom. The first kappa shape index (κ1) is 29.6. The van der Waals surface area contributed by atoms with Crippen molar-refractivity contribution in [1.29, 1.82) is 0 Å². The molecule has 0 N–H and O–H groups in total. The van der Waals surface area contributed by atoms with Crippen LogP contribution in [0.3, 0.4) is 0 Å². The molecule has 224 valence electrons. The second-order valence-corrected chi connectivity index (χ2v) is 11.4. The van der Waals surface area contributed by atoms with Crippen LogP contribution < -0.4 is 16.0 Å². The number of halogens is 1. The second kappa shape index (κ2) is 11.8. The van der Waals surface area contributed by atoms with E-state index < -0.39 is 28.7 Å². The number of hydrogen-bond donors (Lipinski definition) is 0. The van der Waals surface area contributed by atoms with Crippen molar-refractivity contribution < 1.29 is 23.4 Å². The molecule has 1 fully saturated rings. The van der Waals surface area contributed by atoms with Crippen molar-refractivity contribution in [3.05, 3.63) is 68.4 Å². The van der Waals surface area contributed by atoms with Gasteiger partial charge in [0.25, 0.3) is 5.56 Å². The molecule has 12 nitrogen and oxygen atoms in total. The molecular weight excluding hydrogens is 567 g/mol. The molecule has 1 aliphatic heterocycles. The number of aryl methyl sites for hydroxylation is 1. The predicted octanol–water partition coefficient (Wildman–Crippen LogP) is 2.63. The van der Waals surface area contributed by atoms with Crippen molar-refractivity contribution in [2.24, 2.45) is 0 Å². The molecule has 4 aromatic rings. The van der Waals surface area contributed by atoms with E-state index in [1.165, 1.54) is 70.4 Å². The molecule has 0 saturated carbocycles. The second-order valence-electron chi connectivity index (χ2n) is 10.4. The van der Waals surface area contributed by atoms with E-state index in [4.69, 9.17) is 14.2 Å². The van der Waals surface area contributed by atoms with Gasteiger partial charge in [-0.1, -0.05) is 11.3 Å². The number of ether oxygens (including phenoxy) is 3. The number of carbonyl (C=O) groups is 1. The lowest BCUT2D eigenvalue weighted by molar-refractivity contribution is -0.142. The Kier molecular flexibility index (Phi) is 8.30. The Morgan fingerprint density at radius 1 is 1.14 bits per heavy atom. The Balaban J connectivity index is 1.79. The molecular formula is C28H33FN6O6S. The number of likely N-dealkylation sites (tertiary alicyclic amines) is 1. The van der Waals surface area contributed by atoms with Crippen molar-refractivity contribution in [3.8, 4) is 10.8 Å². The van der Waals surface area contributed by atoms with E-state index in [9.17, 15) is 18.8 Å². The number of amides is 1. The van der Waals surface area contributed by atoms with Gasteiger partial charge in [-0.3, -0.25) is 14.2 Å². The van der Waals surface area contributed by atoms with Crippen molar-refractivity contribution in [1.82, 2.24) is 29.0 Å². The number of aromatic nitrogens is 5. The maximum Gasteiger partial charge on any atom is 0.333 e. The van der Waals surface area contributed by atoms with Gasteiger partial charge in [-0.15, -0.1) is 4.80 Å². The molecule has 1 aromatic carbocycles. The van der Waals surface area contributed by atoms with Gasteiger partial charge >= 0.3 is 5.69 Å². The van der Waals surface area contributed by atoms with E-state index in [1.54, 1.807) is 20.9 Å². The van der Waals surface area contributed by atoms with Gasteiger partial charge in [0.15, 0.2) is 0 Å². The molecule has 3 aromatic heterocycles. The monoisotopic (exact) mass is 600 g/mol. The molecule has 42 heavy (non-hydrogen) atoms. The SMILES string of the molecule is COCCO[C@@H](Cn1c(=O)n([C@]2(C)CCCN(C)C2=O)c(=O)c2c(C)c(-n3nccn3)sc21)c1cc(F)ccc1OC. The van der Waals surface area contributed by atoms with Gasteiger partial charge in [0.05, 0.1) is 44.6 Å². The highest BCUT2D eigenvalue weighted by molar-refractivity contribution is 7.21. The summed E-state index contributed by atoms with van der Waals surface area (Å²) in [5.74, 6) is -0.451.